The lowest BCUT2D eigenvalue weighted by Gasteiger charge is -2.07. The van der Waals surface area contributed by atoms with Crippen LogP contribution in [-0.4, -0.2) is 36.5 Å². The van der Waals surface area contributed by atoms with Crippen LogP contribution in [-0.2, 0) is 6.54 Å². The summed E-state index contributed by atoms with van der Waals surface area (Å²) >= 11 is 4.90. The fourth-order valence-corrected chi connectivity index (χ4v) is 1.51. The largest absolute Gasteiger partial charge is 0.388 e. The van der Waals surface area contributed by atoms with Gasteiger partial charge in [-0.15, -0.1) is 5.10 Å². The van der Waals surface area contributed by atoms with E-state index >= 15 is 0 Å². The number of hydrogen-bond acceptors (Lipinski definition) is 6. The SMILES string of the molecule is Cc1cc(C(N)=S)nc(NCCn2ccnn2)n1. The monoisotopic (exact) mass is 263 g/mol. The molecule has 2 heterocycles. The van der Waals surface area contributed by atoms with E-state index in [1.165, 1.54) is 0 Å². The Labute approximate surface area is 109 Å². The highest BCUT2D eigenvalue weighted by molar-refractivity contribution is 7.80. The predicted octanol–water partition coefficient (Wildman–Crippen LogP) is 0.123. The molecule has 0 aromatic carbocycles. The molecule has 0 spiro atoms. The van der Waals surface area contributed by atoms with E-state index in [0.29, 0.717) is 24.7 Å². The van der Waals surface area contributed by atoms with E-state index in [4.69, 9.17) is 18.0 Å². The summed E-state index contributed by atoms with van der Waals surface area (Å²) in [5.74, 6) is 0.512. The van der Waals surface area contributed by atoms with Gasteiger partial charge in [0.1, 0.15) is 10.7 Å². The number of nitrogens with zero attached hydrogens (tertiary/aromatic N) is 5. The van der Waals surface area contributed by atoms with E-state index < -0.39 is 0 Å². The van der Waals surface area contributed by atoms with Crippen molar-refractivity contribution < 1.29 is 0 Å². The molecule has 0 aliphatic heterocycles. The van der Waals surface area contributed by atoms with Gasteiger partial charge >= 0.3 is 0 Å². The van der Waals surface area contributed by atoms with Crippen molar-refractivity contribution in [3.63, 3.8) is 0 Å². The molecular weight excluding hydrogens is 250 g/mol. The quantitative estimate of drug-likeness (QED) is 0.740. The molecule has 8 heteroatoms. The van der Waals surface area contributed by atoms with Crippen LogP contribution in [0.4, 0.5) is 5.95 Å². The summed E-state index contributed by atoms with van der Waals surface area (Å²) in [4.78, 5) is 8.73. The summed E-state index contributed by atoms with van der Waals surface area (Å²) in [7, 11) is 0. The Morgan fingerprint density at radius 2 is 2.33 bits per heavy atom. The zero-order valence-corrected chi connectivity index (χ0v) is 10.7. The molecule has 0 fully saturated rings. The second kappa shape index (κ2) is 5.50. The molecule has 0 aliphatic rings. The van der Waals surface area contributed by atoms with Gasteiger partial charge < -0.3 is 11.1 Å². The van der Waals surface area contributed by atoms with Crippen LogP contribution in [0.15, 0.2) is 18.5 Å². The zero-order valence-electron chi connectivity index (χ0n) is 9.87. The minimum Gasteiger partial charge on any atom is -0.388 e. The van der Waals surface area contributed by atoms with Crippen LogP contribution in [0.25, 0.3) is 0 Å². The van der Waals surface area contributed by atoms with E-state index in [-0.39, 0.29) is 4.99 Å². The van der Waals surface area contributed by atoms with Gasteiger partial charge in [0, 0.05) is 18.4 Å². The third kappa shape index (κ3) is 3.20. The second-order valence-corrected chi connectivity index (χ2v) is 4.12. The van der Waals surface area contributed by atoms with Crippen LogP contribution in [0, 0.1) is 6.92 Å². The van der Waals surface area contributed by atoms with Crippen molar-refractivity contribution in [1.82, 2.24) is 25.0 Å². The Balaban J connectivity index is 1.98. The summed E-state index contributed by atoms with van der Waals surface area (Å²) in [5, 5.41) is 10.7. The molecular formula is C10H13N7S. The van der Waals surface area contributed by atoms with Crippen molar-refractivity contribution in [2.45, 2.75) is 13.5 Å². The van der Waals surface area contributed by atoms with Crippen molar-refractivity contribution in [2.75, 3.05) is 11.9 Å². The average molecular weight is 263 g/mol. The van der Waals surface area contributed by atoms with E-state index in [9.17, 15) is 0 Å². The van der Waals surface area contributed by atoms with Gasteiger partial charge in [-0.2, -0.15) is 0 Å². The summed E-state index contributed by atoms with van der Waals surface area (Å²) in [6.45, 7) is 3.19. The minimum atomic E-state index is 0.264. The molecule has 0 bridgehead atoms. The van der Waals surface area contributed by atoms with Gasteiger partial charge in [0.15, 0.2) is 0 Å². The summed E-state index contributed by atoms with van der Waals surface area (Å²) in [5.41, 5.74) is 6.93. The van der Waals surface area contributed by atoms with E-state index in [1.54, 1.807) is 23.1 Å². The van der Waals surface area contributed by atoms with Crippen LogP contribution in [0.1, 0.15) is 11.4 Å². The number of aryl methyl sites for hydroxylation is 1. The van der Waals surface area contributed by atoms with E-state index in [0.717, 1.165) is 5.69 Å². The number of nitrogens with two attached hydrogens (primary N) is 1. The molecule has 2 aromatic rings. The highest BCUT2D eigenvalue weighted by Gasteiger charge is 2.04. The third-order valence-corrected chi connectivity index (χ3v) is 2.41. The van der Waals surface area contributed by atoms with Crippen molar-refractivity contribution in [3.8, 4) is 0 Å². The maximum Gasteiger partial charge on any atom is 0.223 e. The Kier molecular flexibility index (Phi) is 3.78. The fourth-order valence-electron chi connectivity index (χ4n) is 1.41. The lowest BCUT2D eigenvalue weighted by Crippen LogP contribution is -2.17. The minimum absolute atomic E-state index is 0.264. The molecule has 0 saturated carbocycles. The van der Waals surface area contributed by atoms with Crippen molar-refractivity contribution in [1.29, 1.82) is 0 Å². The highest BCUT2D eigenvalue weighted by Crippen LogP contribution is 2.04. The van der Waals surface area contributed by atoms with Crippen LogP contribution < -0.4 is 11.1 Å². The maximum atomic E-state index is 5.55. The molecule has 0 amide bonds. The van der Waals surface area contributed by atoms with E-state index in [2.05, 4.69) is 25.6 Å². The van der Waals surface area contributed by atoms with Crippen molar-refractivity contribution >= 4 is 23.2 Å². The Bertz CT molecular complexity index is 537. The van der Waals surface area contributed by atoms with Crippen LogP contribution in [0.3, 0.4) is 0 Å². The van der Waals surface area contributed by atoms with Gasteiger partial charge in [-0.1, -0.05) is 17.4 Å². The first-order valence-corrected chi connectivity index (χ1v) is 5.79. The van der Waals surface area contributed by atoms with Crippen molar-refractivity contribution in [3.05, 3.63) is 29.8 Å². The summed E-state index contributed by atoms with van der Waals surface area (Å²) in [6.07, 6.45) is 3.42. The van der Waals surface area contributed by atoms with Gasteiger partial charge in [-0.3, -0.25) is 4.68 Å². The number of hydrogen-bond donors (Lipinski definition) is 2. The number of rotatable bonds is 5. The number of nitrogens with one attached hydrogen (secondary N) is 1. The van der Waals surface area contributed by atoms with Gasteiger partial charge in [-0.05, 0) is 13.0 Å². The molecule has 3 N–H and O–H groups in total. The van der Waals surface area contributed by atoms with Gasteiger partial charge in [-0.25, -0.2) is 9.97 Å². The van der Waals surface area contributed by atoms with Gasteiger partial charge in [0.25, 0.3) is 0 Å². The topological polar surface area (TPSA) is 94.5 Å². The van der Waals surface area contributed by atoms with Gasteiger partial charge in [0.2, 0.25) is 5.95 Å². The second-order valence-electron chi connectivity index (χ2n) is 3.68. The number of aromatic nitrogens is 5. The van der Waals surface area contributed by atoms with E-state index in [1.807, 2.05) is 6.92 Å². The lowest BCUT2D eigenvalue weighted by atomic mass is 10.3. The third-order valence-electron chi connectivity index (χ3n) is 2.20. The zero-order chi connectivity index (χ0) is 13.0. The Morgan fingerprint density at radius 1 is 1.50 bits per heavy atom. The molecule has 2 aromatic heterocycles. The fraction of sp³-hybridized carbons (Fsp3) is 0.300. The molecule has 0 radical (unpaired) electrons. The smallest absolute Gasteiger partial charge is 0.223 e. The van der Waals surface area contributed by atoms with Crippen LogP contribution in [0.2, 0.25) is 0 Å². The number of anilines is 1. The first kappa shape index (κ1) is 12.4. The summed E-state index contributed by atoms with van der Waals surface area (Å²) < 4.78 is 1.72. The Morgan fingerprint density at radius 3 is 3.00 bits per heavy atom. The molecule has 0 saturated heterocycles. The first-order chi connectivity index (χ1) is 8.65. The number of thiocarbonyl (C=S) groups is 1. The normalized spacial score (nSPS) is 10.3. The highest BCUT2D eigenvalue weighted by atomic mass is 32.1. The molecule has 2 rings (SSSR count). The van der Waals surface area contributed by atoms with Gasteiger partial charge in [0.05, 0.1) is 12.7 Å². The van der Waals surface area contributed by atoms with Crippen LogP contribution >= 0.6 is 12.2 Å². The standard InChI is InChI=1S/C10H13N7S/c1-7-6-8(9(11)18)15-10(14-7)12-2-4-17-5-3-13-16-17/h3,5-6H,2,4H2,1H3,(H2,11,18)(H,12,14,15). The lowest BCUT2D eigenvalue weighted by molar-refractivity contribution is 0.607. The predicted molar refractivity (Wildman–Crippen MR) is 71.2 cm³/mol. The molecule has 0 unspecified atom stereocenters. The Hall–Kier alpha value is -2.09. The average Bonchev–Trinajstić information content (AvgIpc) is 2.81. The molecule has 0 aliphatic carbocycles. The van der Waals surface area contributed by atoms with Crippen LogP contribution in [0.5, 0.6) is 0 Å². The molecule has 0 atom stereocenters. The maximum absolute atomic E-state index is 5.55. The molecule has 18 heavy (non-hydrogen) atoms. The molecule has 94 valence electrons. The summed E-state index contributed by atoms with van der Waals surface area (Å²) in [6, 6.07) is 1.75. The van der Waals surface area contributed by atoms with Crippen molar-refractivity contribution in [2.24, 2.45) is 5.73 Å². The first-order valence-electron chi connectivity index (χ1n) is 5.38. The molecule has 7 nitrogen and oxygen atoms in total.